The molecule has 2 nitrogen and oxygen atoms in total. The van der Waals surface area contributed by atoms with Crippen molar-refractivity contribution in [3.63, 3.8) is 0 Å². The number of aryl methyl sites for hydroxylation is 2. The summed E-state index contributed by atoms with van der Waals surface area (Å²) in [5.74, 6) is 1.20. The van der Waals surface area contributed by atoms with Crippen LogP contribution in [0.4, 0.5) is 0 Å². The lowest BCUT2D eigenvalue weighted by atomic mass is 9.97. The van der Waals surface area contributed by atoms with Gasteiger partial charge in [-0.05, 0) is 49.1 Å². The number of benzene rings is 2. The first kappa shape index (κ1) is 20.2. The Kier molecular flexibility index (Phi) is 7.67. The van der Waals surface area contributed by atoms with E-state index in [0.717, 1.165) is 17.7 Å². The lowest BCUT2D eigenvalue weighted by molar-refractivity contribution is -0.119. The first-order valence-electron chi connectivity index (χ1n) is 8.29. The van der Waals surface area contributed by atoms with Gasteiger partial charge in [-0.3, -0.25) is 4.79 Å². The van der Waals surface area contributed by atoms with Crippen molar-refractivity contribution in [2.75, 3.05) is 5.75 Å². The van der Waals surface area contributed by atoms with Crippen molar-refractivity contribution >= 4 is 40.9 Å². The largest absolute Gasteiger partial charge is 0.349 e. The van der Waals surface area contributed by atoms with Crippen molar-refractivity contribution in [3.8, 4) is 0 Å². The Morgan fingerprint density at radius 2 is 1.88 bits per heavy atom. The number of nitrogens with one attached hydrogen (secondary N) is 1. The van der Waals surface area contributed by atoms with Crippen LogP contribution in [-0.2, 0) is 10.5 Å². The molecule has 2 aromatic rings. The van der Waals surface area contributed by atoms with Gasteiger partial charge >= 0.3 is 0 Å². The molecule has 2 rings (SSSR count). The van der Waals surface area contributed by atoms with Gasteiger partial charge in [0.1, 0.15) is 0 Å². The smallest absolute Gasteiger partial charge is 0.230 e. The van der Waals surface area contributed by atoms with Crippen LogP contribution in [0.2, 0.25) is 10.0 Å². The van der Waals surface area contributed by atoms with Gasteiger partial charge in [0.15, 0.2) is 0 Å². The fraction of sp³-hybridized carbons (Fsp3) is 0.350. The van der Waals surface area contributed by atoms with E-state index < -0.39 is 0 Å². The first-order valence-corrected chi connectivity index (χ1v) is 10.2. The maximum atomic E-state index is 12.3. The molecule has 0 aliphatic carbocycles. The van der Waals surface area contributed by atoms with Gasteiger partial charge in [0.25, 0.3) is 0 Å². The fourth-order valence-corrected chi connectivity index (χ4v) is 3.85. The van der Waals surface area contributed by atoms with Gasteiger partial charge in [0.05, 0.1) is 21.8 Å². The normalized spacial score (nSPS) is 12.0. The minimum atomic E-state index is 0.0527. The standard InChI is InChI=1S/C20H23Cl2NOS/c1-4-19(16-7-5-13(2)9-14(16)3)23-20(24)12-25-11-15-6-8-17(21)18(22)10-15/h5-10,19H,4,11-12H2,1-3H3,(H,23,24)/t19-/m0/s1. The predicted octanol–water partition coefficient (Wildman–Crippen LogP) is 6.11. The fourth-order valence-electron chi connectivity index (χ4n) is 2.74. The van der Waals surface area contributed by atoms with Gasteiger partial charge in [0.2, 0.25) is 5.91 Å². The maximum absolute atomic E-state index is 12.3. The molecule has 0 aliphatic rings. The van der Waals surface area contributed by atoms with Crippen molar-refractivity contribution in [1.29, 1.82) is 0 Å². The van der Waals surface area contributed by atoms with Crippen molar-refractivity contribution in [2.24, 2.45) is 0 Å². The van der Waals surface area contributed by atoms with E-state index in [4.69, 9.17) is 23.2 Å². The van der Waals surface area contributed by atoms with Crippen molar-refractivity contribution in [1.82, 2.24) is 5.32 Å². The molecule has 0 fully saturated rings. The monoisotopic (exact) mass is 395 g/mol. The van der Waals surface area contributed by atoms with Crippen LogP contribution in [0.1, 0.15) is 41.6 Å². The van der Waals surface area contributed by atoms with Crippen LogP contribution in [0.25, 0.3) is 0 Å². The summed E-state index contributed by atoms with van der Waals surface area (Å²) in [6.07, 6.45) is 0.868. The summed E-state index contributed by atoms with van der Waals surface area (Å²) in [4.78, 5) is 12.3. The van der Waals surface area contributed by atoms with Gasteiger partial charge < -0.3 is 5.32 Å². The van der Waals surface area contributed by atoms with Gasteiger partial charge in [-0.15, -0.1) is 11.8 Å². The molecular formula is C20H23Cl2NOS. The molecule has 134 valence electrons. The molecule has 5 heteroatoms. The summed E-state index contributed by atoms with van der Waals surface area (Å²) in [6.45, 7) is 6.26. The van der Waals surface area contributed by atoms with Gasteiger partial charge in [-0.2, -0.15) is 0 Å². The number of halogens is 2. The second kappa shape index (κ2) is 9.51. The molecule has 0 spiro atoms. The minimum Gasteiger partial charge on any atom is -0.349 e. The second-order valence-corrected chi connectivity index (χ2v) is 7.93. The van der Waals surface area contributed by atoms with Crippen molar-refractivity contribution in [3.05, 3.63) is 68.7 Å². The molecule has 0 radical (unpaired) electrons. The van der Waals surface area contributed by atoms with Crippen LogP contribution >= 0.6 is 35.0 Å². The Morgan fingerprint density at radius 1 is 1.12 bits per heavy atom. The molecular weight excluding hydrogens is 373 g/mol. The quantitative estimate of drug-likeness (QED) is 0.612. The zero-order valence-corrected chi connectivity index (χ0v) is 17.1. The number of carbonyl (C=O) groups is 1. The van der Waals surface area contributed by atoms with Crippen molar-refractivity contribution < 1.29 is 4.79 Å². The highest BCUT2D eigenvalue weighted by molar-refractivity contribution is 7.99. The van der Waals surface area contributed by atoms with E-state index in [-0.39, 0.29) is 11.9 Å². The number of rotatable bonds is 7. The minimum absolute atomic E-state index is 0.0527. The highest BCUT2D eigenvalue weighted by Gasteiger charge is 2.14. The molecule has 2 aromatic carbocycles. The van der Waals surface area contributed by atoms with Crippen LogP contribution in [0, 0.1) is 13.8 Å². The van der Waals surface area contributed by atoms with E-state index in [1.165, 1.54) is 16.7 Å². The molecule has 1 N–H and O–H groups in total. The third-order valence-electron chi connectivity index (χ3n) is 4.03. The van der Waals surface area contributed by atoms with Crippen LogP contribution in [-0.4, -0.2) is 11.7 Å². The zero-order valence-electron chi connectivity index (χ0n) is 14.7. The SMILES string of the molecule is CC[C@H](NC(=O)CSCc1ccc(Cl)c(Cl)c1)c1ccc(C)cc1C. The van der Waals surface area contributed by atoms with E-state index >= 15 is 0 Å². The number of hydrogen-bond acceptors (Lipinski definition) is 2. The Morgan fingerprint density at radius 3 is 2.52 bits per heavy atom. The summed E-state index contributed by atoms with van der Waals surface area (Å²) in [7, 11) is 0. The zero-order chi connectivity index (χ0) is 18.4. The lowest BCUT2D eigenvalue weighted by Gasteiger charge is -2.20. The summed E-state index contributed by atoms with van der Waals surface area (Å²) in [5.41, 5.74) is 4.71. The number of thioether (sulfide) groups is 1. The van der Waals surface area contributed by atoms with Crippen LogP contribution in [0.15, 0.2) is 36.4 Å². The summed E-state index contributed by atoms with van der Waals surface area (Å²) in [6, 6.07) is 12.0. The van der Waals surface area contributed by atoms with Crippen LogP contribution < -0.4 is 5.32 Å². The third-order valence-corrected chi connectivity index (χ3v) is 5.77. The van der Waals surface area contributed by atoms with Crippen molar-refractivity contribution in [2.45, 2.75) is 39.0 Å². The molecule has 0 aromatic heterocycles. The molecule has 25 heavy (non-hydrogen) atoms. The Balaban J connectivity index is 1.88. The lowest BCUT2D eigenvalue weighted by Crippen LogP contribution is -2.30. The summed E-state index contributed by atoms with van der Waals surface area (Å²) in [5, 5.41) is 4.24. The van der Waals surface area contributed by atoms with E-state index in [2.05, 4.69) is 44.3 Å². The number of amides is 1. The summed E-state index contributed by atoms with van der Waals surface area (Å²) >= 11 is 13.5. The van der Waals surface area contributed by atoms with E-state index in [1.807, 2.05) is 12.1 Å². The van der Waals surface area contributed by atoms with E-state index in [1.54, 1.807) is 17.8 Å². The Bertz CT molecular complexity index is 748. The molecule has 0 heterocycles. The van der Waals surface area contributed by atoms with Crippen LogP contribution in [0.3, 0.4) is 0 Å². The molecule has 0 saturated heterocycles. The van der Waals surface area contributed by atoms with Gasteiger partial charge in [-0.25, -0.2) is 0 Å². The molecule has 1 atom stereocenters. The third kappa shape index (κ3) is 5.95. The Labute approximate surface area is 164 Å². The topological polar surface area (TPSA) is 29.1 Å². The molecule has 1 amide bonds. The van der Waals surface area contributed by atoms with Gasteiger partial charge in [-0.1, -0.05) is 60.0 Å². The van der Waals surface area contributed by atoms with Gasteiger partial charge in [0, 0.05) is 5.75 Å². The summed E-state index contributed by atoms with van der Waals surface area (Å²) < 4.78 is 0. The predicted molar refractivity (Wildman–Crippen MR) is 110 cm³/mol. The average Bonchev–Trinajstić information content (AvgIpc) is 2.56. The maximum Gasteiger partial charge on any atom is 0.230 e. The Hall–Kier alpha value is -1.16. The average molecular weight is 396 g/mol. The molecule has 0 aliphatic heterocycles. The number of carbonyl (C=O) groups excluding carboxylic acids is 1. The number of hydrogen-bond donors (Lipinski definition) is 1. The first-order chi connectivity index (χ1) is 11.9. The highest BCUT2D eigenvalue weighted by Crippen LogP contribution is 2.25. The highest BCUT2D eigenvalue weighted by atomic mass is 35.5. The molecule has 0 saturated carbocycles. The molecule has 0 unspecified atom stereocenters. The van der Waals surface area contributed by atoms with Crippen LogP contribution in [0.5, 0.6) is 0 Å². The van der Waals surface area contributed by atoms with E-state index in [9.17, 15) is 4.79 Å². The second-order valence-electron chi connectivity index (χ2n) is 6.13. The molecule has 0 bridgehead atoms. The van der Waals surface area contributed by atoms with E-state index in [0.29, 0.717) is 15.8 Å².